The summed E-state index contributed by atoms with van der Waals surface area (Å²) < 4.78 is 9.53. The molecule has 0 N–H and O–H groups in total. The Morgan fingerprint density at radius 3 is 1.89 bits per heavy atom. The van der Waals surface area contributed by atoms with Crippen molar-refractivity contribution in [2.24, 2.45) is 23.7 Å². The van der Waals surface area contributed by atoms with Gasteiger partial charge in [0.15, 0.2) is 0 Å². The van der Waals surface area contributed by atoms with Gasteiger partial charge in [-0.1, -0.05) is 127 Å². The largest absolute Gasteiger partial charge is 0.457 e. The number of fused-ring (bicyclic) bond motifs is 5. The minimum absolute atomic E-state index is 0.0324. The van der Waals surface area contributed by atoms with Crippen molar-refractivity contribution in [3.63, 3.8) is 0 Å². The van der Waals surface area contributed by atoms with Gasteiger partial charge in [-0.25, -0.2) is 0 Å². The molecular formula is C58H45NOS. The van der Waals surface area contributed by atoms with Crippen molar-refractivity contribution < 1.29 is 4.74 Å². The summed E-state index contributed by atoms with van der Waals surface area (Å²) in [4.78, 5) is 2.48. The molecule has 3 heteroatoms. The number of benzene rings is 8. The smallest absolute Gasteiger partial charge is 0.131 e. The van der Waals surface area contributed by atoms with Gasteiger partial charge in [0.25, 0.3) is 0 Å². The van der Waals surface area contributed by atoms with Crippen molar-refractivity contribution in [1.82, 2.24) is 0 Å². The second-order valence-electron chi connectivity index (χ2n) is 18.1. The Morgan fingerprint density at radius 2 is 1.05 bits per heavy atom. The van der Waals surface area contributed by atoms with E-state index in [2.05, 4.69) is 193 Å². The zero-order valence-corrected chi connectivity index (χ0v) is 34.8. The third kappa shape index (κ3) is 5.46. The van der Waals surface area contributed by atoms with Crippen LogP contribution >= 0.6 is 11.3 Å². The van der Waals surface area contributed by atoms with Crippen LogP contribution in [0, 0.1) is 23.7 Å². The van der Waals surface area contributed by atoms with Gasteiger partial charge in [-0.2, -0.15) is 0 Å². The minimum atomic E-state index is -0.0324. The lowest BCUT2D eigenvalue weighted by molar-refractivity contribution is -0.0452. The number of thiophene rings is 1. The molecule has 1 aliphatic heterocycles. The lowest BCUT2D eigenvalue weighted by Gasteiger charge is -2.63. The fourth-order valence-corrected chi connectivity index (χ4v) is 13.8. The SMILES string of the molecule is c1ccc(-c2cccc(N(c3ccc(-c4ccccc4-c4cccc5sc6ccccc6c45)cc3)c3ccc4c(c3)C3(c5ccccc5O4)C4CC5CC(C4)CC3C5)c2)cc1. The maximum Gasteiger partial charge on any atom is 0.131 e. The monoisotopic (exact) mass is 803 g/mol. The first-order chi connectivity index (χ1) is 30.2. The van der Waals surface area contributed by atoms with E-state index in [1.165, 1.54) is 102 Å². The van der Waals surface area contributed by atoms with E-state index < -0.39 is 0 Å². The first-order valence-corrected chi connectivity index (χ1v) is 23.0. The average Bonchev–Trinajstić information content (AvgIpc) is 3.70. The number of hydrogen-bond donors (Lipinski definition) is 0. The Labute approximate surface area is 361 Å². The van der Waals surface area contributed by atoms with Gasteiger partial charge in [-0.05, 0) is 150 Å². The van der Waals surface area contributed by atoms with Gasteiger partial charge in [-0.15, -0.1) is 11.3 Å². The summed E-state index contributed by atoms with van der Waals surface area (Å²) in [5.74, 6) is 5.10. The topological polar surface area (TPSA) is 12.5 Å². The first-order valence-electron chi connectivity index (χ1n) is 22.2. The molecule has 0 atom stereocenters. The zero-order chi connectivity index (χ0) is 40.1. The fraction of sp³-hybridized carbons (Fsp3) is 0.172. The molecule has 4 aliphatic carbocycles. The van der Waals surface area contributed by atoms with Crippen molar-refractivity contribution in [3.8, 4) is 44.9 Å². The van der Waals surface area contributed by atoms with Gasteiger partial charge in [0.1, 0.15) is 11.5 Å². The van der Waals surface area contributed by atoms with Crippen molar-refractivity contribution in [2.75, 3.05) is 4.90 Å². The molecule has 14 rings (SSSR count). The van der Waals surface area contributed by atoms with Crippen LogP contribution in [-0.2, 0) is 5.41 Å². The van der Waals surface area contributed by atoms with Crippen LogP contribution in [0.2, 0.25) is 0 Å². The summed E-state index contributed by atoms with van der Waals surface area (Å²) in [6.45, 7) is 0. The van der Waals surface area contributed by atoms with Crippen LogP contribution in [-0.4, -0.2) is 0 Å². The molecule has 1 spiro atoms. The van der Waals surface area contributed by atoms with Crippen LogP contribution in [0.1, 0.15) is 43.2 Å². The first kappa shape index (κ1) is 35.3. The van der Waals surface area contributed by atoms with Crippen molar-refractivity contribution in [3.05, 3.63) is 199 Å². The van der Waals surface area contributed by atoms with Crippen LogP contribution in [0.15, 0.2) is 188 Å². The van der Waals surface area contributed by atoms with E-state index in [1.807, 2.05) is 11.3 Å². The summed E-state index contributed by atoms with van der Waals surface area (Å²) >= 11 is 1.88. The molecule has 294 valence electrons. The predicted molar refractivity (Wildman–Crippen MR) is 255 cm³/mol. The van der Waals surface area contributed by atoms with Crippen molar-refractivity contribution >= 4 is 48.6 Å². The molecule has 2 nitrogen and oxygen atoms in total. The van der Waals surface area contributed by atoms with E-state index in [0.717, 1.165) is 34.7 Å². The summed E-state index contributed by atoms with van der Waals surface area (Å²) in [5.41, 5.74) is 13.6. The van der Waals surface area contributed by atoms with Gasteiger partial charge in [-0.3, -0.25) is 0 Å². The molecule has 5 aliphatic rings. The molecule has 0 radical (unpaired) electrons. The predicted octanol–water partition coefficient (Wildman–Crippen LogP) is 16.4. The number of anilines is 3. The molecule has 8 aromatic carbocycles. The molecule has 4 fully saturated rings. The molecule has 4 bridgehead atoms. The summed E-state index contributed by atoms with van der Waals surface area (Å²) in [6.07, 6.45) is 6.74. The third-order valence-corrected chi connectivity index (χ3v) is 16.0. The van der Waals surface area contributed by atoms with Gasteiger partial charge >= 0.3 is 0 Å². The molecule has 1 aromatic heterocycles. The maximum atomic E-state index is 6.87. The quantitative estimate of drug-likeness (QED) is 0.166. The second-order valence-corrected chi connectivity index (χ2v) is 19.2. The Bertz CT molecular complexity index is 3110. The van der Waals surface area contributed by atoms with Gasteiger partial charge in [0, 0.05) is 53.8 Å². The van der Waals surface area contributed by atoms with E-state index in [4.69, 9.17) is 4.74 Å². The van der Waals surface area contributed by atoms with Crippen LogP contribution in [0.4, 0.5) is 17.1 Å². The Morgan fingerprint density at radius 1 is 0.426 bits per heavy atom. The van der Waals surface area contributed by atoms with E-state index in [-0.39, 0.29) is 5.41 Å². The lowest BCUT2D eigenvalue weighted by atomic mass is 9.42. The van der Waals surface area contributed by atoms with Crippen LogP contribution in [0.5, 0.6) is 11.5 Å². The standard InChI is InChI=1S/C58H45NOS/c1-2-12-39(13-3-1)41-14-10-15-45(35-41)59(46-28-29-54-52(36-46)58(51-20-7-8-21-53(51)60-54)42-31-37-30-38(33-42)34-43(58)32-37)44-26-24-40(25-27-44)47-16-4-5-17-48(47)49-19-11-23-56-57(49)50-18-6-9-22-55(50)61-56/h1-29,35-38,42-43H,30-34H2. The van der Waals surface area contributed by atoms with Gasteiger partial charge in [0.2, 0.25) is 0 Å². The fourth-order valence-electron chi connectivity index (χ4n) is 12.7. The number of para-hydroxylation sites is 1. The highest BCUT2D eigenvalue weighted by molar-refractivity contribution is 7.25. The van der Waals surface area contributed by atoms with E-state index in [0.29, 0.717) is 11.8 Å². The van der Waals surface area contributed by atoms with Crippen molar-refractivity contribution in [2.45, 2.75) is 37.5 Å². The highest BCUT2D eigenvalue weighted by Gasteiger charge is 2.61. The molecule has 2 heterocycles. The molecule has 0 saturated heterocycles. The average molecular weight is 804 g/mol. The molecule has 4 saturated carbocycles. The summed E-state index contributed by atoms with van der Waals surface area (Å²) in [7, 11) is 0. The Hall–Kier alpha value is -6.42. The number of ether oxygens (including phenoxy) is 1. The van der Waals surface area contributed by atoms with Crippen molar-refractivity contribution in [1.29, 1.82) is 0 Å². The third-order valence-electron chi connectivity index (χ3n) is 14.9. The Kier molecular flexibility index (Phi) is 8.00. The van der Waals surface area contributed by atoms with Gasteiger partial charge in [0.05, 0.1) is 0 Å². The summed E-state index contributed by atoms with van der Waals surface area (Å²) in [6, 6.07) is 69.7. The van der Waals surface area contributed by atoms with Gasteiger partial charge < -0.3 is 9.64 Å². The highest BCUT2D eigenvalue weighted by atomic mass is 32.1. The molecule has 9 aromatic rings. The number of nitrogens with zero attached hydrogens (tertiary/aromatic N) is 1. The summed E-state index contributed by atoms with van der Waals surface area (Å²) in [5, 5.41) is 2.67. The minimum Gasteiger partial charge on any atom is -0.457 e. The second kappa shape index (κ2) is 13.8. The van der Waals surface area contributed by atoms with Crippen LogP contribution in [0.25, 0.3) is 53.6 Å². The maximum absolute atomic E-state index is 6.87. The zero-order valence-electron chi connectivity index (χ0n) is 34.0. The number of rotatable bonds is 6. The van der Waals surface area contributed by atoms with E-state index >= 15 is 0 Å². The molecular weight excluding hydrogens is 759 g/mol. The van der Waals surface area contributed by atoms with Crippen LogP contribution < -0.4 is 9.64 Å². The molecule has 61 heavy (non-hydrogen) atoms. The Balaban J connectivity index is 0.963. The number of hydrogen-bond acceptors (Lipinski definition) is 3. The van der Waals surface area contributed by atoms with E-state index in [1.54, 1.807) is 0 Å². The van der Waals surface area contributed by atoms with Crippen LogP contribution in [0.3, 0.4) is 0 Å². The lowest BCUT2D eigenvalue weighted by Crippen LogP contribution is -2.57. The van der Waals surface area contributed by atoms with E-state index in [9.17, 15) is 0 Å². The highest BCUT2D eigenvalue weighted by Crippen LogP contribution is 2.69. The normalized spacial score (nSPS) is 22.0. The molecule has 0 amide bonds. The molecule has 0 unspecified atom stereocenters.